The van der Waals surface area contributed by atoms with Gasteiger partial charge in [0.15, 0.2) is 5.65 Å². The number of hydrogen-bond acceptors (Lipinski definition) is 4. The summed E-state index contributed by atoms with van der Waals surface area (Å²) in [5.74, 6) is 0.697. The molecule has 0 radical (unpaired) electrons. The van der Waals surface area contributed by atoms with E-state index in [2.05, 4.69) is 41.3 Å². The predicted molar refractivity (Wildman–Crippen MR) is 69.2 cm³/mol. The largest absolute Gasteiger partial charge is 0.350 e. The van der Waals surface area contributed by atoms with Gasteiger partial charge < -0.3 is 10.2 Å². The minimum absolute atomic E-state index is 0.370. The molecule has 1 N–H and O–H groups in total. The summed E-state index contributed by atoms with van der Waals surface area (Å²) >= 11 is 0. The van der Waals surface area contributed by atoms with Crippen molar-refractivity contribution in [1.29, 1.82) is 0 Å². The van der Waals surface area contributed by atoms with Gasteiger partial charge in [-0.05, 0) is 46.1 Å². The third-order valence-corrected chi connectivity index (χ3v) is 2.63. The van der Waals surface area contributed by atoms with E-state index in [0.717, 1.165) is 18.6 Å². The van der Waals surface area contributed by atoms with Gasteiger partial charge in [0.1, 0.15) is 0 Å². The van der Waals surface area contributed by atoms with E-state index in [-0.39, 0.29) is 0 Å². The topological polar surface area (TPSA) is 45.5 Å². The first-order chi connectivity index (χ1) is 8.15. The Kier molecular flexibility index (Phi) is 3.58. The molecule has 0 bridgehead atoms. The number of hydrogen-bond donors (Lipinski definition) is 1. The molecular weight excluding hydrogens is 214 g/mol. The van der Waals surface area contributed by atoms with Crippen LogP contribution in [0.4, 0.5) is 5.95 Å². The quantitative estimate of drug-likeness (QED) is 0.849. The summed E-state index contributed by atoms with van der Waals surface area (Å²) in [6.07, 6.45) is 2.97. The number of anilines is 1. The summed E-state index contributed by atoms with van der Waals surface area (Å²) in [5.41, 5.74) is 0.870. The van der Waals surface area contributed by atoms with Gasteiger partial charge in [-0.25, -0.2) is 4.52 Å². The highest BCUT2D eigenvalue weighted by molar-refractivity contribution is 5.43. The van der Waals surface area contributed by atoms with E-state index in [9.17, 15) is 0 Å². The maximum absolute atomic E-state index is 4.41. The van der Waals surface area contributed by atoms with Crippen molar-refractivity contribution in [3.05, 3.63) is 24.4 Å². The molecule has 2 rings (SSSR count). The molecule has 0 aliphatic rings. The summed E-state index contributed by atoms with van der Waals surface area (Å²) in [4.78, 5) is 6.58. The SMILES string of the molecule is CC(CCN(C)C)Nc1nc2ccccn2n1. The van der Waals surface area contributed by atoms with Crippen molar-refractivity contribution < 1.29 is 0 Å². The van der Waals surface area contributed by atoms with E-state index in [1.54, 1.807) is 4.52 Å². The Morgan fingerprint density at radius 3 is 2.94 bits per heavy atom. The minimum Gasteiger partial charge on any atom is -0.350 e. The van der Waals surface area contributed by atoms with E-state index in [1.807, 2.05) is 24.4 Å². The first-order valence-corrected chi connectivity index (χ1v) is 5.88. The number of pyridine rings is 1. The lowest BCUT2D eigenvalue weighted by atomic mass is 10.2. The molecule has 2 heterocycles. The maximum atomic E-state index is 4.41. The summed E-state index contributed by atoms with van der Waals surface area (Å²) in [6.45, 7) is 3.21. The van der Waals surface area contributed by atoms with Gasteiger partial charge >= 0.3 is 0 Å². The van der Waals surface area contributed by atoms with Crippen molar-refractivity contribution in [2.75, 3.05) is 26.0 Å². The van der Waals surface area contributed by atoms with Gasteiger partial charge in [0, 0.05) is 12.2 Å². The fraction of sp³-hybridized carbons (Fsp3) is 0.500. The molecular formula is C12H19N5. The van der Waals surface area contributed by atoms with E-state index >= 15 is 0 Å². The molecule has 0 spiro atoms. The Balaban J connectivity index is 1.98. The average molecular weight is 233 g/mol. The zero-order chi connectivity index (χ0) is 12.3. The lowest BCUT2D eigenvalue weighted by Crippen LogP contribution is -2.23. The van der Waals surface area contributed by atoms with E-state index in [4.69, 9.17) is 0 Å². The van der Waals surface area contributed by atoms with E-state index in [1.165, 1.54) is 0 Å². The molecule has 0 aliphatic heterocycles. The second kappa shape index (κ2) is 5.14. The smallest absolute Gasteiger partial charge is 0.243 e. The monoisotopic (exact) mass is 233 g/mol. The maximum Gasteiger partial charge on any atom is 0.243 e. The van der Waals surface area contributed by atoms with Crippen molar-refractivity contribution in [1.82, 2.24) is 19.5 Å². The second-order valence-corrected chi connectivity index (χ2v) is 4.58. The van der Waals surface area contributed by atoms with Gasteiger partial charge in [-0.3, -0.25) is 0 Å². The Labute approximate surface area is 101 Å². The molecule has 5 heteroatoms. The minimum atomic E-state index is 0.370. The summed E-state index contributed by atoms with van der Waals surface area (Å²) in [7, 11) is 4.16. The molecule has 0 fully saturated rings. The summed E-state index contributed by atoms with van der Waals surface area (Å²) < 4.78 is 1.78. The van der Waals surface area contributed by atoms with Crippen LogP contribution in [0.3, 0.4) is 0 Å². The lowest BCUT2D eigenvalue weighted by Gasteiger charge is -2.15. The van der Waals surface area contributed by atoms with Crippen molar-refractivity contribution in [3.63, 3.8) is 0 Å². The van der Waals surface area contributed by atoms with Gasteiger partial charge in [0.25, 0.3) is 0 Å². The zero-order valence-electron chi connectivity index (χ0n) is 10.6. The zero-order valence-corrected chi connectivity index (χ0v) is 10.6. The molecule has 1 unspecified atom stereocenters. The predicted octanol–water partition coefficient (Wildman–Crippen LogP) is 1.48. The van der Waals surface area contributed by atoms with Gasteiger partial charge in [-0.15, -0.1) is 5.10 Å². The van der Waals surface area contributed by atoms with Gasteiger partial charge in [0.2, 0.25) is 5.95 Å². The van der Waals surface area contributed by atoms with E-state index < -0.39 is 0 Å². The Morgan fingerprint density at radius 2 is 2.24 bits per heavy atom. The first-order valence-electron chi connectivity index (χ1n) is 5.88. The molecule has 0 amide bonds. The highest BCUT2D eigenvalue weighted by Gasteiger charge is 2.07. The fourth-order valence-corrected chi connectivity index (χ4v) is 1.64. The number of nitrogens with zero attached hydrogens (tertiary/aromatic N) is 4. The number of fused-ring (bicyclic) bond motifs is 1. The molecule has 2 aromatic rings. The molecule has 0 aliphatic carbocycles. The number of rotatable bonds is 5. The summed E-state index contributed by atoms with van der Waals surface area (Å²) in [6, 6.07) is 6.22. The second-order valence-electron chi connectivity index (χ2n) is 4.58. The Bertz CT molecular complexity index is 443. The van der Waals surface area contributed by atoms with Crippen LogP contribution in [0.1, 0.15) is 13.3 Å². The van der Waals surface area contributed by atoms with Crippen molar-refractivity contribution in [2.24, 2.45) is 0 Å². The van der Waals surface area contributed by atoms with Gasteiger partial charge in [0.05, 0.1) is 0 Å². The first kappa shape index (κ1) is 11.9. The standard InChI is InChI=1S/C12H19N5/c1-10(7-9-16(2)3)13-12-14-11-6-4-5-8-17(11)15-12/h4-6,8,10H,7,9H2,1-3H3,(H,13,15). The van der Waals surface area contributed by atoms with Crippen LogP contribution in [0, 0.1) is 0 Å². The van der Waals surface area contributed by atoms with Crippen molar-refractivity contribution in [3.8, 4) is 0 Å². The Morgan fingerprint density at radius 1 is 1.41 bits per heavy atom. The van der Waals surface area contributed by atoms with Crippen LogP contribution in [-0.2, 0) is 0 Å². The average Bonchev–Trinajstić information content (AvgIpc) is 2.68. The highest BCUT2D eigenvalue weighted by atomic mass is 15.3. The van der Waals surface area contributed by atoms with Crippen LogP contribution in [0.5, 0.6) is 0 Å². The molecule has 0 saturated carbocycles. The van der Waals surface area contributed by atoms with Crippen molar-refractivity contribution in [2.45, 2.75) is 19.4 Å². The van der Waals surface area contributed by atoms with Crippen LogP contribution in [0.25, 0.3) is 5.65 Å². The molecule has 0 aromatic carbocycles. The van der Waals surface area contributed by atoms with Gasteiger partial charge in [-0.1, -0.05) is 6.07 Å². The lowest BCUT2D eigenvalue weighted by molar-refractivity contribution is 0.390. The number of nitrogens with one attached hydrogen (secondary N) is 1. The molecule has 17 heavy (non-hydrogen) atoms. The third-order valence-electron chi connectivity index (χ3n) is 2.63. The van der Waals surface area contributed by atoms with Crippen LogP contribution in [-0.4, -0.2) is 46.2 Å². The van der Waals surface area contributed by atoms with Crippen molar-refractivity contribution >= 4 is 11.6 Å². The molecule has 1 atom stereocenters. The normalized spacial score (nSPS) is 13.2. The van der Waals surface area contributed by atoms with Crippen LogP contribution in [0.15, 0.2) is 24.4 Å². The summed E-state index contributed by atoms with van der Waals surface area (Å²) in [5, 5.41) is 7.68. The molecule has 92 valence electrons. The third kappa shape index (κ3) is 3.17. The molecule has 5 nitrogen and oxygen atoms in total. The van der Waals surface area contributed by atoms with Gasteiger partial charge in [-0.2, -0.15) is 4.98 Å². The van der Waals surface area contributed by atoms with Crippen LogP contribution >= 0.6 is 0 Å². The van der Waals surface area contributed by atoms with Crippen LogP contribution < -0.4 is 5.32 Å². The molecule has 0 saturated heterocycles. The van der Waals surface area contributed by atoms with Crippen LogP contribution in [0.2, 0.25) is 0 Å². The highest BCUT2D eigenvalue weighted by Crippen LogP contribution is 2.07. The molecule has 2 aromatic heterocycles. The number of aromatic nitrogens is 3. The van der Waals surface area contributed by atoms with E-state index in [0.29, 0.717) is 12.0 Å². The fourth-order valence-electron chi connectivity index (χ4n) is 1.64. The Hall–Kier alpha value is -1.62.